The molecule has 4 rings (SSSR count). The van der Waals surface area contributed by atoms with Crippen LogP contribution >= 0.6 is 0 Å². The molecule has 11 heteroatoms. The van der Waals surface area contributed by atoms with Crippen molar-refractivity contribution >= 4 is 17.5 Å². The van der Waals surface area contributed by atoms with Gasteiger partial charge >= 0.3 is 0 Å². The van der Waals surface area contributed by atoms with Gasteiger partial charge in [0.2, 0.25) is 5.88 Å². The number of aromatic hydroxyl groups is 1. The van der Waals surface area contributed by atoms with Crippen LogP contribution in [0.3, 0.4) is 0 Å². The van der Waals surface area contributed by atoms with Crippen LogP contribution in [0.1, 0.15) is 60.2 Å². The third kappa shape index (κ3) is 5.02. The first kappa shape index (κ1) is 22.4. The molecule has 0 saturated heterocycles. The van der Waals surface area contributed by atoms with E-state index in [9.17, 15) is 19.5 Å². The number of carbonyl (C=O) groups excluding carboxylic acids is 2. The Morgan fingerprint density at radius 1 is 1.21 bits per heavy atom. The molecule has 33 heavy (non-hydrogen) atoms. The van der Waals surface area contributed by atoms with Gasteiger partial charge in [-0.05, 0) is 18.3 Å². The first-order valence-electron chi connectivity index (χ1n) is 10.8. The van der Waals surface area contributed by atoms with Crippen LogP contribution < -0.4 is 16.2 Å². The van der Waals surface area contributed by atoms with Gasteiger partial charge in [0.15, 0.2) is 11.3 Å². The lowest BCUT2D eigenvalue weighted by Crippen LogP contribution is -2.35. The highest BCUT2D eigenvalue weighted by atomic mass is 16.3. The summed E-state index contributed by atoms with van der Waals surface area (Å²) in [7, 11) is 0. The molecule has 11 nitrogen and oxygen atoms in total. The summed E-state index contributed by atoms with van der Waals surface area (Å²) in [4.78, 5) is 46.6. The van der Waals surface area contributed by atoms with Crippen LogP contribution in [0.2, 0.25) is 0 Å². The van der Waals surface area contributed by atoms with E-state index in [0.29, 0.717) is 19.5 Å². The van der Waals surface area contributed by atoms with Crippen LogP contribution in [-0.4, -0.2) is 53.7 Å². The van der Waals surface area contributed by atoms with Crippen LogP contribution in [0.5, 0.6) is 5.88 Å². The second-order valence-electron chi connectivity index (χ2n) is 9.40. The second-order valence-corrected chi connectivity index (χ2v) is 9.40. The second kappa shape index (κ2) is 8.64. The third-order valence-electron chi connectivity index (χ3n) is 5.14. The molecular formula is C22H27N7O4. The van der Waals surface area contributed by atoms with Crippen molar-refractivity contribution in [3.8, 4) is 5.88 Å². The van der Waals surface area contributed by atoms with Crippen molar-refractivity contribution in [1.29, 1.82) is 0 Å². The monoisotopic (exact) mass is 453 g/mol. The number of nitrogens with one attached hydrogen (secondary N) is 2. The van der Waals surface area contributed by atoms with E-state index in [1.807, 2.05) is 20.8 Å². The molecule has 1 aliphatic carbocycles. The fourth-order valence-electron chi connectivity index (χ4n) is 3.44. The van der Waals surface area contributed by atoms with Crippen LogP contribution in [0.15, 0.2) is 29.5 Å². The summed E-state index contributed by atoms with van der Waals surface area (Å²) in [5.41, 5.74) is -0.474. The van der Waals surface area contributed by atoms with Crippen molar-refractivity contribution in [2.75, 3.05) is 6.54 Å². The van der Waals surface area contributed by atoms with E-state index in [1.54, 1.807) is 18.6 Å². The highest BCUT2D eigenvalue weighted by Gasteiger charge is 2.30. The Kier molecular flexibility index (Phi) is 5.88. The lowest BCUT2D eigenvalue weighted by molar-refractivity contribution is 0.0939. The fraction of sp³-hybridized carbons (Fsp3) is 0.455. The van der Waals surface area contributed by atoms with E-state index in [2.05, 4.69) is 25.7 Å². The Morgan fingerprint density at radius 3 is 2.61 bits per heavy atom. The summed E-state index contributed by atoms with van der Waals surface area (Å²) in [5.74, 6) is -1.56. The number of carbonyl (C=O) groups is 2. The number of rotatable bonds is 7. The molecule has 0 spiro atoms. The summed E-state index contributed by atoms with van der Waals surface area (Å²) in [6, 6.07) is 1.45. The van der Waals surface area contributed by atoms with Crippen molar-refractivity contribution in [3.63, 3.8) is 0 Å². The standard InChI is InChI=1S/C22H27N7O4/c1-22(2,3)12-28-16-10-15(18(30)25-7-6-14-11-23-8-9-24-14)27-29(16)21(33)17(20(28)32)19(31)26-13-4-5-13/h8-11,13,32H,4-7,12H2,1-3H3,(H,25,30)(H,26,31). The Balaban J connectivity index is 1.67. The minimum atomic E-state index is -0.774. The summed E-state index contributed by atoms with van der Waals surface area (Å²) >= 11 is 0. The fourth-order valence-corrected chi connectivity index (χ4v) is 3.44. The molecule has 0 unspecified atom stereocenters. The highest BCUT2D eigenvalue weighted by molar-refractivity contribution is 5.97. The van der Waals surface area contributed by atoms with Crippen molar-refractivity contribution in [1.82, 2.24) is 34.8 Å². The molecule has 0 radical (unpaired) electrons. The van der Waals surface area contributed by atoms with Gasteiger partial charge in [0.25, 0.3) is 17.4 Å². The molecule has 1 aliphatic rings. The van der Waals surface area contributed by atoms with Crippen LogP contribution in [-0.2, 0) is 13.0 Å². The van der Waals surface area contributed by atoms with Gasteiger partial charge in [-0.3, -0.25) is 28.9 Å². The average Bonchev–Trinajstić information content (AvgIpc) is 3.44. The number of nitrogens with zero attached hydrogens (tertiary/aromatic N) is 5. The van der Waals surface area contributed by atoms with E-state index in [0.717, 1.165) is 23.1 Å². The SMILES string of the molecule is CC(C)(C)Cn1c(O)c(C(=O)NC2CC2)c(=O)n2nc(C(=O)NCCc3cnccn3)cc12. The minimum Gasteiger partial charge on any atom is -0.494 e. The van der Waals surface area contributed by atoms with E-state index in [-0.39, 0.29) is 28.4 Å². The summed E-state index contributed by atoms with van der Waals surface area (Å²) in [5, 5.41) is 20.5. The number of amides is 2. The number of hydrogen-bond acceptors (Lipinski definition) is 7. The molecule has 3 N–H and O–H groups in total. The van der Waals surface area contributed by atoms with E-state index in [1.165, 1.54) is 10.6 Å². The van der Waals surface area contributed by atoms with Crippen LogP contribution in [0, 0.1) is 5.41 Å². The first-order valence-corrected chi connectivity index (χ1v) is 10.8. The lowest BCUT2D eigenvalue weighted by Gasteiger charge is -2.23. The maximum absolute atomic E-state index is 13.1. The Hall–Kier alpha value is -3.76. The van der Waals surface area contributed by atoms with Gasteiger partial charge in [-0.1, -0.05) is 20.8 Å². The maximum Gasteiger partial charge on any atom is 0.291 e. The topological polar surface area (TPSA) is 144 Å². The van der Waals surface area contributed by atoms with Crippen LogP contribution in [0.4, 0.5) is 0 Å². The molecule has 1 fully saturated rings. The maximum atomic E-state index is 13.1. The molecule has 174 valence electrons. The molecule has 3 heterocycles. The van der Waals surface area contributed by atoms with Gasteiger partial charge in [0, 0.05) is 50.2 Å². The molecule has 0 atom stereocenters. The Morgan fingerprint density at radius 2 is 1.97 bits per heavy atom. The molecule has 2 amide bonds. The Bertz CT molecular complexity index is 1250. The van der Waals surface area contributed by atoms with Gasteiger partial charge in [0.1, 0.15) is 5.65 Å². The predicted octanol–water partition coefficient (Wildman–Crippen LogP) is 0.902. The molecule has 0 aliphatic heterocycles. The normalized spacial score (nSPS) is 13.8. The van der Waals surface area contributed by atoms with Crippen molar-refractivity contribution in [2.45, 2.75) is 52.6 Å². The van der Waals surface area contributed by atoms with Gasteiger partial charge < -0.3 is 15.7 Å². The molecular weight excluding hydrogens is 426 g/mol. The first-order chi connectivity index (χ1) is 15.6. The van der Waals surface area contributed by atoms with Crippen molar-refractivity contribution in [3.05, 3.63) is 52.0 Å². The van der Waals surface area contributed by atoms with Gasteiger partial charge in [-0.15, -0.1) is 0 Å². The third-order valence-corrected chi connectivity index (χ3v) is 5.14. The van der Waals surface area contributed by atoms with E-state index < -0.39 is 23.3 Å². The summed E-state index contributed by atoms with van der Waals surface area (Å²) in [6.45, 7) is 6.48. The molecule has 1 saturated carbocycles. The highest BCUT2D eigenvalue weighted by Crippen LogP contribution is 2.26. The summed E-state index contributed by atoms with van der Waals surface area (Å²) < 4.78 is 2.46. The number of fused-ring (bicyclic) bond motifs is 1. The summed E-state index contributed by atoms with van der Waals surface area (Å²) in [6.07, 6.45) is 6.92. The zero-order chi connectivity index (χ0) is 23.8. The van der Waals surface area contributed by atoms with Crippen molar-refractivity contribution in [2.24, 2.45) is 5.41 Å². The average molecular weight is 454 g/mol. The number of aromatic nitrogens is 5. The molecule has 3 aromatic rings. The van der Waals surface area contributed by atoms with Gasteiger partial charge in [0.05, 0.1) is 5.69 Å². The van der Waals surface area contributed by atoms with Crippen molar-refractivity contribution < 1.29 is 14.7 Å². The Labute approximate surface area is 189 Å². The number of hydrogen-bond donors (Lipinski definition) is 3. The van der Waals surface area contributed by atoms with E-state index >= 15 is 0 Å². The zero-order valence-corrected chi connectivity index (χ0v) is 18.8. The predicted molar refractivity (Wildman–Crippen MR) is 119 cm³/mol. The zero-order valence-electron chi connectivity index (χ0n) is 18.8. The van der Waals surface area contributed by atoms with Gasteiger partial charge in [-0.25, -0.2) is 0 Å². The molecule has 0 aromatic carbocycles. The smallest absolute Gasteiger partial charge is 0.291 e. The molecule has 3 aromatic heterocycles. The van der Waals surface area contributed by atoms with Gasteiger partial charge in [-0.2, -0.15) is 9.61 Å². The quantitative estimate of drug-likeness (QED) is 0.482. The van der Waals surface area contributed by atoms with Crippen LogP contribution in [0.25, 0.3) is 5.65 Å². The van der Waals surface area contributed by atoms with E-state index in [4.69, 9.17) is 0 Å². The molecule has 0 bridgehead atoms. The lowest BCUT2D eigenvalue weighted by atomic mass is 9.96. The minimum absolute atomic E-state index is 0.00746. The largest absolute Gasteiger partial charge is 0.494 e.